The van der Waals surface area contributed by atoms with Gasteiger partial charge in [0.1, 0.15) is 10.7 Å². The molecule has 1 unspecified atom stereocenters. The van der Waals surface area contributed by atoms with Gasteiger partial charge < -0.3 is 14.4 Å². The minimum absolute atomic E-state index is 0.0617. The molecule has 8 nitrogen and oxygen atoms in total. The average molecular weight is 372 g/mol. The molecule has 1 aliphatic rings. The number of carboxylic acids is 1. The van der Waals surface area contributed by atoms with E-state index >= 15 is 0 Å². The molecule has 0 saturated carbocycles. The van der Waals surface area contributed by atoms with Crippen LogP contribution in [0.4, 0.5) is 0 Å². The Kier molecular flexibility index (Phi) is 5.02. The summed E-state index contributed by atoms with van der Waals surface area (Å²) in [5.74, 6) is -1.52. The Hall–Kier alpha value is -1.87. The predicted molar refractivity (Wildman–Crippen MR) is 89.7 cm³/mol. The number of carboxylic acid groups (broad SMARTS) is 1. The molecule has 0 spiro atoms. The number of amides is 1. The number of carbonyl (C=O) groups is 2. The Morgan fingerprint density at radius 3 is 2.40 bits per heavy atom. The van der Waals surface area contributed by atoms with Crippen molar-refractivity contribution in [1.29, 1.82) is 0 Å². The molecular formula is C16H24N2O6S. The van der Waals surface area contributed by atoms with Gasteiger partial charge in [0, 0.05) is 33.3 Å². The van der Waals surface area contributed by atoms with Crippen LogP contribution in [0.15, 0.2) is 15.4 Å². The SMILES string of the molecule is Cc1oc(C(=O)N2CCC(C(=O)O)(C(C)C)C2)cc1S(=O)(=O)N(C)C. The second kappa shape index (κ2) is 6.45. The Bertz CT molecular complexity index is 796. The van der Waals surface area contributed by atoms with Crippen molar-refractivity contribution in [1.82, 2.24) is 9.21 Å². The first kappa shape index (κ1) is 19.5. The fourth-order valence-corrected chi connectivity index (χ4v) is 4.13. The van der Waals surface area contributed by atoms with Crippen LogP contribution in [-0.2, 0) is 14.8 Å². The van der Waals surface area contributed by atoms with E-state index in [-0.39, 0.29) is 28.9 Å². The maximum Gasteiger partial charge on any atom is 0.311 e. The van der Waals surface area contributed by atoms with Crippen molar-refractivity contribution in [2.24, 2.45) is 11.3 Å². The summed E-state index contributed by atoms with van der Waals surface area (Å²) in [7, 11) is -0.926. The third-order valence-electron chi connectivity index (χ3n) is 4.96. The van der Waals surface area contributed by atoms with Crippen LogP contribution < -0.4 is 0 Å². The Morgan fingerprint density at radius 1 is 1.36 bits per heavy atom. The van der Waals surface area contributed by atoms with E-state index in [1.165, 1.54) is 32.0 Å². The van der Waals surface area contributed by atoms with Crippen molar-refractivity contribution >= 4 is 21.9 Å². The van der Waals surface area contributed by atoms with E-state index in [0.29, 0.717) is 13.0 Å². The summed E-state index contributed by atoms with van der Waals surface area (Å²) in [6, 6.07) is 1.21. The number of aliphatic carboxylic acids is 1. The van der Waals surface area contributed by atoms with E-state index in [9.17, 15) is 23.1 Å². The number of hydrogen-bond acceptors (Lipinski definition) is 5. The van der Waals surface area contributed by atoms with Crippen LogP contribution in [0.3, 0.4) is 0 Å². The van der Waals surface area contributed by atoms with Crippen molar-refractivity contribution < 1.29 is 27.5 Å². The molecule has 1 atom stereocenters. The summed E-state index contributed by atoms with van der Waals surface area (Å²) in [5.41, 5.74) is -0.990. The molecule has 1 fully saturated rings. The van der Waals surface area contributed by atoms with Crippen molar-refractivity contribution in [2.45, 2.75) is 32.1 Å². The molecular weight excluding hydrogens is 348 g/mol. The van der Waals surface area contributed by atoms with Gasteiger partial charge in [0.25, 0.3) is 5.91 Å². The molecule has 9 heteroatoms. The summed E-state index contributed by atoms with van der Waals surface area (Å²) in [5, 5.41) is 9.57. The zero-order valence-electron chi connectivity index (χ0n) is 15.1. The molecule has 1 amide bonds. The van der Waals surface area contributed by atoms with Crippen LogP contribution in [0.1, 0.15) is 36.6 Å². The predicted octanol–water partition coefficient (Wildman–Crippen LogP) is 1.41. The lowest BCUT2D eigenvalue weighted by Gasteiger charge is -2.28. The zero-order chi connectivity index (χ0) is 19.2. The molecule has 140 valence electrons. The number of furan rings is 1. The average Bonchev–Trinajstić information content (AvgIpc) is 3.11. The maximum absolute atomic E-state index is 12.7. The molecule has 1 N–H and O–H groups in total. The van der Waals surface area contributed by atoms with Crippen LogP contribution >= 0.6 is 0 Å². The van der Waals surface area contributed by atoms with Gasteiger partial charge in [-0.2, -0.15) is 0 Å². The smallest absolute Gasteiger partial charge is 0.311 e. The normalized spacial score (nSPS) is 21.3. The molecule has 2 rings (SSSR count). The number of nitrogens with zero attached hydrogens (tertiary/aromatic N) is 2. The van der Waals surface area contributed by atoms with Gasteiger partial charge in [-0.1, -0.05) is 13.8 Å². The number of likely N-dealkylation sites (tertiary alicyclic amines) is 1. The van der Waals surface area contributed by atoms with Crippen LogP contribution in [0, 0.1) is 18.3 Å². The molecule has 2 heterocycles. The van der Waals surface area contributed by atoms with Crippen molar-refractivity contribution in [2.75, 3.05) is 27.2 Å². The van der Waals surface area contributed by atoms with Gasteiger partial charge in [-0.3, -0.25) is 9.59 Å². The lowest BCUT2D eigenvalue weighted by molar-refractivity contribution is -0.150. The molecule has 25 heavy (non-hydrogen) atoms. The highest BCUT2D eigenvalue weighted by Gasteiger charge is 2.49. The highest BCUT2D eigenvalue weighted by Crippen LogP contribution is 2.39. The summed E-state index contributed by atoms with van der Waals surface area (Å²) in [6.45, 7) is 5.49. The highest BCUT2D eigenvalue weighted by molar-refractivity contribution is 7.89. The molecule has 0 aliphatic carbocycles. The van der Waals surface area contributed by atoms with E-state index in [4.69, 9.17) is 4.42 Å². The third kappa shape index (κ3) is 3.18. The minimum atomic E-state index is -3.72. The number of rotatable bonds is 5. The Labute approximate surface area is 147 Å². The lowest BCUT2D eigenvalue weighted by Crippen LogP contribution is -2.40. The second-order valence-electron chi connectivity index (χ2n) is 6.91. The standard InChI is InChI=1S/C16H24N2O6S/c1-10(2)16(15(20)21)6-7-18(9-16)14(19)12-8-13(11(3)24-12)25(22,23)17(4)5/h8,10H,6-7,9H2,1-5H3,(H,20,21). The zero-order valence-corrected chi connectivity index (χ0v) is 15.9. The van der Waals surface area contributed by atoms with E-state index in [2.05, 4.69) is 0 Å². The Morgan fingerprint density at radius 2 is 1.96 bits per heavy atom. The molecule has 0 bridgehead atoms. The number of sulfonamides is 1. The van der Waals surface area contributed by atoms with Crippen molar-refractivity contribution in [3.05, 3.63) is 17.6 Å². The van der Waals surface area contributed by atoms with Gasteiger partial charge in [-0.05, 0) is 19.3 Å². The van der Waals surface area contributed by atoms with Gasteiger partial charge in [0.2, 0.25) is 10.0 Å². The molecule has 1 saturated heterocycles. The van der Waals surface area contributed by atoms with E-state index in [0.717, 1.165) is 4.31 Å². The van der Waals surface area contributed by atoms with E-state index < -0.39 is 27.3 Å². The van der Waals surface area contributed by atoms with Crippen LogP contribution in [0.2, 0.25) is 0 Å². The van der Waals surface area contributed by atoms with Gasteiger partial charge >= 0.3 is 5.97 Å². The summed E-state index contributed by atoms with van der Waals surface area (Å²) in [4.78, 5) is 25.7. The first-order chi connectivity index (χ1) is 11.4. The molecule has 1 aromatic heterocycles. The highest BCUT2D eigenvalue weighted by atomic mass is 32.2. The number of hydrogen-bond donors (Lipinski definition) is 1. The van der Waals surface area contributed by atoms with E-state index in [1.54, 1.807) is 0 Å². The fraction of sp³-hybridized carbons (Fsp3) is 0.625. The summed E-state index contributed by atoms with van der Waals surface area (Å²) >= 11 is 0. The van der Waals surface area contributed by atoms with Crippen LogP contribution in [0.5, 0.6) is 0 Å². The van der Waals surface area contributed by atoms with Crippen LogP contribution in [-0.4, -0.2) is 61.8 Å². The maximum atomic E-state index is 12.7. The first-order valence-electron chi connectivity index (χ1n) is 7.99. The first-order valence-corrected chi connectivity index (χ1v) is 9.43. The van der Waals surface area contributed by atoms with Crippen LogP contribution in [0.25, 0.3) is 0 Å². The second-order valence-corrected chi connectivity index (χ2v) is 9.03. The Balaban J connectivity index is 2.31. The molecule has 1 aliphatic heterocycles. The molecule has 1 aromatic rings. The lowest BCUT2D eigenvalue weighted by atomic mass is 9.76. The fourth-order valence-electron chi connectivity index (χ4n) is 3.08. The topological polar surface area (TPSA) is 108 Å². The van der Waals surface area contributed by atoms with Crippen molar-refractivity contribution in [3.63, 3.8) is 0 Å². The van der Waals surface area contributed by atoms with Crippen molar-refractivity contribution in [3.8, 4) is 0 Å². The largest absolute Gasteiger partial charge is 0.481 e. The van der Waals surface area contributed by atoms with Gasteiger partial charge in [0.15, 0.2) is 5.76 Å². The van der Waals surface area contributed by atoms with E-state index in [1.807, 2.05) is 13.8 Å². The van der Waals surface area contributed by atoms with Gasteiger partial charge in [0.05, 0.1) is 5.41 Å². The third-order valence-corrected chi connectivity index (χ3v) is 6.88. The quantitative estimate of drug-likeness (QED) is 0.837. The monoisotopic (exact) mass is 372 g/mol. The van der Waals surface area contributed by atoms with Gasteiger partial charge in [-0.15, -0.1) is 0 Å². The van der Waals surface area contributed by atoms with Gasteiger partial charge in [-0.25, -0.2) is 12.7 Å². The molecule has 0 radical (unpaired) electrons. The summed E-state index contributed by atoms with van der Waals surface area (Å²) in [6.07, 6.45) is 0.355. The minimum Gasteiger partial charge on any atom is -0.481 e. The summed E-state index contributed by atoms with van der Waals surface area (Å²) < 4.78 is 30.9. The molecule has 0 aromatic carbocycles. The number of carbonyl (C=O) groups excluding carboxylic acids is 1. The number of aryl methyl sites for hydroxylation is 1.